The monoisotopic (exact) mass is 211 g/mol. The Bertz CT molecular complexity index is 245. The Kier molecular flexibility index (Phi) is 4.64. The van der Waals surface area contributed by atoms with Crippen LogP contribution < -0.4 is 0 Å². The van der Waals surface area contributed by atoms with Crippen molar-refractivity contribution in [2.24, 2.45) is 0 Å². The summed E-state index contributed by atoms with van der Waals surface area (Å²) >= 11 is 0. The van der Waals surface area contributed by atoms with Gasteiger partial charge in [-0.1, -0.05) is 0 Å². The fourth-order valence-corrected chi connectivity index (χ4v) is 0.626. The Morgan fingerprint density at radius 1 is 1.62 bits per heavy atom. The maximum Gasteiger partial charge on any atom is 0.362 e. The predicted octanol–water partition coefficient (Wildman–Crippen LogP) is -0.153. The van der Waals surface area contributed by atoms with Crippen LogP contribution in [-0.4, -0.2) is 32.3 Å². The van der Waals surface area contributed by atoms with Gasteiger partial charge >= 0.3 is 7.60 Å². The van der Waals surface area contributed by atoms with Crippen LogP contribution in [0.1, 0.15) is 6.92 Å². The van der Waals surface area contributed by atoms with Gasteiger partial charge < -0.3 is 14.5 Å². The minimum Gasteiger partial charge on any atom is -0.487 e. The lowest BCUT2D eigenvalue weighted by Crippen LogP contribution is -2.17. The van der Waals surface area contributed by atoms with E-state index in [0.29, 0.717) is 0 Å². The minimum absolute atomic E-state index is 0.222. The lowest BCUT2D eigenvalue weighted by atomic mass is 10.7. The molecule has 0 spiro atoms. The van der Waals surface area contributed by atoms with Crippen molar-refractivity contribution in [2.45, 2.75) is 6.92 Å². The van der Waals surface area contributed by atoms with Gasteiger partial charge in [0.2, 0.25) is 5.91 Å². The summed E-state index contributed by atoms with van der Waals surface area (Å²) in [5.41, 5.74) is 0. The largest absolute Gasteiger partial charge is 0.487 e. The molecule has 0 aromatic heterocycles. The number of hydrogen-bond acceptors (Lipinski definition) is 4. The van der Waals surface area contributed by atoms with E-state index in [2.05, 4.69) is 4.74 Å². The first kappa shape index (κ1) is 12.1. The second-order valence-corrected chi connectivity index (χ2v) is 3.70. The van der Waals surface area contributed by atoms with Crippen molar-refractivity contribution >= 4 is 13.5 Å². The lowest BCUT2D eigenvalue weighted by molar-refractivity contribution is -0.151. The molecular weight excluding hydrogens is 201 g/mol. The topological polar surface area (TPSA) is 107 Å². The van der Waals surface area contributed by atoms with Gasteiger partial charge in [0.1, 0.15) is 6.26 Å². The summed E-state index contributed by atoms with van der Waals surface area (Å²) in [6.45, 7) is 1.10. The highest BCUT2D eigenvalue weighted by Gasteiger charge is 2.11. The standard InChI is InChI=1S/C5H10NO6P/c1-5(7)6(8)2-3-12-4-13(9,10)11/h2-3,8H,4H2,1H3,(H2,9,10,11). The average molecular weight is 211 g/mol. The van der Waals surface area contributed by atoms with E-state index in [0.717, 1.165) is 19.4 Å². The molecule has 3 N–H and O–H groups in total. The molecule has 13 heavy (non-hydrogen) atoms. The number of carbonyl (C=O) groups excluding carboxylic acids is 1. The fourth-order valence-electron chi connectivity index (χ4n) is 0.346. The first-order valence-electron chi connectivity index (χ1n) is 3.14. The minimum atomic E-state index is -4.21. The van der Waals surface area contributed by atoms with Gasteiger partial charge in [-0.2, -0.15) is 5.06 Å². The molecule has 0 unspecified atom stereocenters. The second kappa shape index (κ2) is 4.98. The number of hydrogen-bond donors (Lipinski definition) is 3. The van der Waals surface area contributed by atoms with Gasteiger partial charge in [-0.05, 0) is 0 Å². The molecule has 0 heterocycles. The van der Waals surface area contributed by atoms with Crippen LogP contribution in [0, 0.1) is 0 Å². The maximum atomic E-state index is 10.4. The van der Waals surface area contributed by atoms with Crippen LogP contribution in [0.25, 0.3) is 0 Å². The van der Waals surface area contributed by atoms with Gasteiger partial charge in [0, 0.05) is 6.92 Å². The molecule has 0 aliphatic heterocycles. The van der Waals surface area contributed by atoms with E-state index in [-0.39, 0.29) is 5.06 Å². The van der Waals surface area contributed by atoms with Crippen molar-refractivity contribution < 1.29 is 29.1 Å². The number of ether oxygens (including phenoxy) is 1. The van der Waals surface area contributed by atoms with E-state index in [1.165, 1.54) is 0 Å². The third-order valence-electron chi connectivity index (χ3n) is 0.864. The number of amides is 1. The third-order valence-corrected chi connectivity index (χ3v) is 1.35. The Hall–Kier alpha value is -0.880. The van der Waals surface area contributed by atoms with Crippen LogP contribution in [0.4, 0.5) is 0 Å². The number of rotatable bonds is 4. The molecule has 0 radical (unpaired) electrons. The Labute approximate surface area is 74.3 Å². The van der Waals surface area contributed by atoms with Crippen molar-refractivity contribution in [3.8, 4) is 0 Å². The molecule has 0 aliphatic rings. The zero-order chi connectivity index (χ0) is 10.5. The van der Waals surface area contributed by atoms with Crippen molar-refractivity contribution in [1.29, 1.82) is 0 Å². The molecule has 0 saturated carbocycles. The quantitative estimate of drug-likeness (QED) is 0.258. The number of nitrogens with zero attached hydrogens (tertiary/aromatic N) is 1. The van der Waals surface area contributed by atoms with E-state index in [9.17, 15) is 9.36 Å². The summed E-state index contributed by atoms with van der Waals surface area (Å²) in [6, 6.07) is 0. The fraction of sp³-hybridized carbons (Fsp3) is 0.400. The normalized spacial score (nSPS) is 11.7. The summed E-state index contributed by atoms with van der Waals surface area (Å²) in [6.07, 6.45) is 0.841. The molecule has 0 saturated heterocycles. The van der Waals surface area contributed by atoms with Crippen LogP contribution in [0.2, 0.25) is 0 Å². The smallest absolute Gasteiger partial charge is 0.362 e. The predicted molar refractivity (Wildman–Crippen MR) is 41.4 cm³/mol. The second-order valence-electron chi connectivity index (χ2n) is 2.11. The number of hydroxylamine groups is 2. The molecule has 0 rings (SSSR count). The summed E-state index contributed by atoms with van der Waals surface area (Å²) in [4.78, 5) is 27.0. The SMILES string of the molecule is CC(=O)N(O)C=COCP(=O)(O)O. The highest BCUT2D eigenvalue weighted by Crippen LogP contribution is 2.33. The molecule has 0 aliphatic carbocycles. The molecule has 0 aromatic carbocycles. The molecule has 1 amide bonds. The first-order chi connectivity index (χ1) is 5.83. The molecular formula is C5H10NO6P. The zero-order valence-electron chi connectivity index (χ0n) is 6.82. The summed E-state index contributed by atoms with van der Waals surface area (Å²) in [5, 5.41) is 8.90. The van der Waals surface area contributed by atoms with Gasteiger partial charge in [-0.3, -0.25) is 14.6 Å². The zero-order valence-corrected chi connectivity index (χ0v) is 7.72. The third kappa shape index (κ3) is 7.48. The van der Waals surface area contributed by atoms with Gasteiger partial charge in [-0.15, -0.1) is 0 Å². The summed E-state index contributed by atoms with van der Waals surface area (Å²) < 4.78 is 14.5. The van der Waals surface area contributed by atoms with Crippen LogP contribution in [0.15, 0.2) is 12.5 Å². The summed E-state index contributed by atoms with van der Waals surface area (Å²) in [7, 11) is -4.21. The van der Waals surface area contributed by atoms with E-state index >= 15 is 0 Å². The van der Waals surface area contributed by atoms with Crippen LogP contribution in [-0.2, 0) is 14.1 Å². The Morgan fingerprint density at radius 3 is 2.54 bits per heavy atom. The van der Waals surface area contributed by atoms with Crippen LogP contribution in [0.3, 0.4) is 0 Å². The molecule has 0 aromatic rings. The van der Waals surface area contributed by atoms with Gasteiger partial charge in [0.05, 0.1) is 6.20 Å². The first-order valence-corrected chi connectivity index (χ1v) is 4.94. The van der Waals surface area contributed by atoms with Gasteiger partial charge in [0.25, 0.3) is 0 Å². The highest BCUT2D eigenvalue weighted by molar-refractivity contribution is 7.51. The Balaban J connectivity index is 3.77. The van der Waals surface area contributed by atoms with Gasteiger partial charge in [0.15, 0.2) is 6.35 Å². The van der Waals surface area contributed by atoms with Crippen molar-refractivity contribution in [3.63, 3.8) is 0 Å². The molecule has 76 valence electrons. The molecule has 0 bridgehead atoms. The average Bonchev–Trinajstić information content (AvgIpc) is 1.95. The van der Waals surface area contributed by atoms with Gasteiger partial charge in [-0.25, -0.2) is 0 Å². The van der Waals surface area contributed by atoms with Crippen LogP contribution in [0.5, 0.6) is 0 Å². The van der Waals surface area contributed by atoms with Crippen molar-refractivity contribution in [2.75, 3.05) is 6.35 Å². The number of carbonyl (C=O) groups is 1. The van der Waals surface area contributed by atoms with E-state index in [1.54, 1.807) is 0 Å². The van der Waals surface area contributed by atoms with E-state index < -0.39 is 19.9 Å². The van der Waals surface area contributed by atoms with Crippen molar-refractivity contribution in [3.05, 3.63) is 12.5 Å². The van der Waals surface area contributed by atoms with E-state index in [4.69, 9.17) is 15.0 Å². The molecule has 0 atom stereocenters. The van der Waals surface area contributed by atoms with Crippen molar-refractivity contribution in [1.82, 2.24) is 5.06 Å². The molecule has 0 fully saturated rings. The van der Waals surface area contributed by atoms with Crippen LogP contribution >= 0.6 is 7.60 Å². The molecule has 7 nitrogen and oxygen atoms in total. The summed E-state index contributed by atoms with van der Waals surface area (Å²) in [5.74, 6) is -0.643. The maximum absolute atomic E-state index is 10.4. The van der Waals surface area contributed by atoms with E-state index in [1.807, 2.05) is 0 Å². The molecule has 8 heteroatoms. The lowest BCUT2D eigenvalue weighted by Gasteiger charge is -2.06. The Morgan fingerprint density at radius 2 is 2.15 bits per heavy atom. The highest BCUT2D eigenvalue weighted by atomic mass is 31.2.